The average molecular weight is 350 g/mol. The van der Waals surface area contributed by atoms with Gasteiger partial charge in [-0.2, -0.15) is 13.2 Å². The van der Waals surface area contributed by atoms with Crippen LogP contribution in [0, 0.1) is 5.92 Å². The van der Waals surface area contributed by atoms with Gasteiger partial charge in [0.1, 0.15) is 0 Å². The predicted octanol–water partition coefficient (Wildman–Crippen LogP) is 5.22. The SMILES string of the molecule is C[C@@H](NC1CCCC(C(F)(F)F)C1)c1cccc(Br)c1. The van der Waals surface area contributed by atoms with E-state index >= 15 is 0 Å². The lowest BCUT2D eigenvalue weighted by Gasteiger charge is -2.33. The molecule has 1 nitrogen and oxygen atoms in total. The molecule has 0 bridgehead atoms. The van der Waals surface area contributed by atoms with Gasteiger partial charge in [0, 0.05) is 16.6 Å². The minimum Gasteiger partial charge on any atom is -0.307 e. The van der Waals surface area contributed by atoms with Crippen molar-refractivity contribution < 1.29 is 13.2 Å². The molecule has 2 rings (SSSR count). The molecule has 1 fully saturated rings. The standard InChI is InChI=1S/C15H19BrF3N/c1-10(11-4-2-6-13(16)8-11)20-14-7-3-5-12(9-14)15(17,18)19/h2,4,6,8,10,12,14,20H,3,5,7,9H2,1H3/t10-,12?,14?/m1/s1. The van der Waals surface area contributed by atoms with Crippen molar-refractivity contribution in [3.8, 4) is 0 Å². The molecule has 5 heteroatoms. The van der Waals surface area contributed by atoms with Crippen LogP contribution in [0.3, 0.4) is 0 Å². The van der Waals surface area contributed by atoms with Gasteiger partial charge in [0.25, 0.3) is 0 Å². The van der Waals surface area contributed by atoms with E-state index in [1.54, 1.807) is 0 Å². The van der Waals surface area contributed by atoms with Crippen molar-refractivity contribution in [3.63, 3.8) is 0 Å². The lowest BCUT2D eigenvalue weighted by Crippen LogP contribution is -2.39. The van der Waals surface area contributed by atoms with Gasteiger partial charge in [-0.05, 0) is 43.9 Å². The predicted molar refractivity (Wildman–Crippen MR) is 77.5 cm³/mol. The fourth-order valence-electron chi connectivity index (χ4n) is 2.86. The van der Waals surface area contributed by atoms with Gasteiger partial charge in [0.05, 0.1) is 5.92 Å². The Morgan fingerprint density at radius 3 is 2.70 bits per heavy atom. The highest BCUT2D eigenvalue weighted by molar-refractivity contribution is 9.10. The van der Waals surface area contributed by atoms with Gasteiger partial charge >= 0.3 is 6.18 Å². The molecule has 1 aliphatic carbocycles. The summed E-state index contributed by atoms with van der Waals surface area (Å²) in [5.41, 5.74) is 1.09. The molecule has 0 aliphatic heterocycles. The molecule has 0 radical (unpaired) electrons. The third-order valence-electron chi connectivity index (χ3n) is 3.97. The molecule has 1 aliphatic rings. The summed E-state index contributed by atoms with van der Waals surface area (Å²) in [6.45, 7) is 2.00. The molecule has 0 aromatic heterocycles. The van der Waals surface area contributed by atoms with Crippen LogP contribution >= 0.6 is 15.9 Å². The zero-order valence-corrected chi connectivity index (χ0v) is 13.0. The summed E-state index contributed by atoms with van der Waals surface area (Å²) in [4.78, 5) is 0. The van der Waals surface area contributed by atoms with Crippen LogP contribution in [-0.4, -0.2) is 12.2 Å². The number of alkyl halides is 3. The number of hydrogen-bond donors (Lipinski definition) is 1. The van der Waals surface area contributed by atoms with Crippen molar-refractivity contribution in [2.24, 2.45) is 5.92 Å². The molecule has 0 saturated heterocycles. The van der Waals surface area contributed by atoms with Gasteiger partial charge in [0.2, 0.25) is 0 Å². The van der Waals surface area contributed by atoms with E-state index in [1.807, 2.05) is 31.2 Å². The largest absolute Gasteiger partial charge is 0.391 e. The Kier molecular flexibility index (Phi) is 5.13. The molecule has 0 spiro atoms. The highest BCUT2D eigenvalue weighted by Gasteiger charge is 2.42. The first kappa shape index (κ1) is 15.8. The Morgan fingerprint density at radius 2 is 2.05 bits per heavy atom. The molecule has 3 atom stereocenters. The monoisotopic (exact) mass is 349 g/mol. The summed E-state index contributed by atoms with van der Waals surface area (Å²) < 4.78 is 39.4. The van der Waals surface area contributed by atoms with Crippen molar-refractivity contribution in [1.29, 1.82) is 0 Å². The Balaban J connectivity index is 1.96. The maximum atomic E-state index is 12.8. The Labute approximate surface area is 126 Å². The number of hydrogen-bond acceptors (Lipinski definition) is 1. The first-order chi connectivity index (χ1) is 9.36. The van der Waals surface area contributed by atoms with Crippen molar-refractivity contribution >= 4 is 15.9 Å². The van der Waals surface area contributed by atoms with Crippen LogP contribution < -0.4 is 5.32 Å². The third kappa shape index (κ3) is 4.22. The molecule has 0 heterocycles. The van der Waals surface area contributed by atoms with Crippen LogP contribution in [0.4, 0.5) is 13.2 Å². The number of halogens is 4. The maximum absolute atomic E-state index is 12.8. The molecule has 0 amide bonds. The second-order valence-corrected chi connectivity index (χ2v) is 6.46. The molecule has 2 unspecified atom stereocenters. The van der Waals surface area contributed by atoms with Crippen molar-refractivity contribution in [1.82, 2.24) is 5.32 Å². The summed E-state index contributed by atoms with van der Waals surface area (Å²) in [5.74, 6) is -1.15. The van der Waals surface area contributed by atoms with Crippen LogP contribution in [0.15, 0.2) is 28.7 Å². The zero-order valence-electron chi connectivity index (χ0n) is 11.4. The highest BCUT2D eigenvalue weighted by atomic mass is 79.9. The maximum Gasteiger partial charge on any atom is 0.391 e. The van der Waals surface area contributed by atoms with Crippen LogP contribution in [0.1, 0.15) is 44.2 Å². The molecule has 1 saturated carbocycles. The van der Waals surface area contributed by atoms with Crippen LogP contribution in [-0.2, 0) is 0 Å². The zero-order chi connectivity index (χ0) is 14.8. The number of benzene rings is 1. The molecule has 1 aromatic carbocycles. The second-order valence-electron chi connectivity index (χ2n) is 5.55. The van der Waals surface area contributed by atoms with E-state index < -0.39 is 12.1 Å². The number of rotatable bonds is 3. The third-order valence-corrected chi connectivity index (χ3v) is 4.46. The van der Waals surface area contributed by atoms with Gasteiger partial charge in [-0.1, -0.05) is 34.5 Å². The molecule has 112 valence electrons. The van der Waals surface area contributed by atoms with Crippen molar-refractivity contribution in [3.05, 3.63) is 34.3 Å². The van der Waals surface area contributed by atoms with Gasteiger partial charge in [-0.25, -0.2) is 0 Å². The van der Waals surface area contributed by atoms with Crippen LogP contribution in [0.25, 0.3) is 0 Å². The van der Waals surface area contributed by atoms with Crippen molar-refractivity contribution in [2.45, 2.75) is 50.9 Å². The van der Waals surface area contributed by atoms with Gasteiger partial charge in [0.15, 0.2) is 0 Å². The first-order valence-electron chi connectivity index (χ1n) is 6.94. The van der Waals surface area contributed by atoms with Crippen LogP contribution in [0.5, 0.6) is 0 Å². The Bertz CT molecular complexity index is 447. The van der Waals surface area contributed by atoms with E-state index in [2.05, 4.69) is 21.2 Å². The van der Waals surface area contributed by atoms with Gasteiger partial charge < -0.3 is 5.32 Å². The lowest BCUT2D eigenvalue weighted by atomic mass is 9.85. The van der Waals surface area contributed by atoms with E-state index in [0.717, 1.165) is 16.5 Å². The summed E-state index contributed by atoms with van der Waals surface area (Å²) in [6, 6.07) is 7.88. The van der Waals surface area contributed by atoms with Crippen LogP contribution in [0.2, 0.25) is 0 Å². The number of nitrogens with one attached hydrogen (secondary N) is 1. The van der Waals surface area contributed by atoms with E-state index in [0.29, 0.717) is 6.42 Å². The molecule has 1 N–H and O–H groups in total. The van der Waals surface area contributed by atoms with E-state index in [-0.39, 0.29) is 24.9 Å². The highest BCUT2D eigenvalue weighted by Crippen LogP contribution is 2.38. The van der Waals surface area contributed by atoms with Gasteiger partial charge in [-0.15, -0.1) is 0 Å². The quantitative estimate of drug-likeness (QED) is 0.788. The fourth-order valence-corrected chi connectivity index (χ4v) is 3.28. The molecule has 20 heavy (non-hydrogen) atoms. The Morgan fingerprint density at radius 1 is 1.30 bits per heavy atom. The van der Waals surface area contributed by atoms with E-state index in [9.17, 15) is 13.2 Å². The summed E-state index contributed by atoms with van der Waals surface area (Å²) in [6.07, 6.45) is -2.12. The van der Waals surface area contributed by atoms with E-state index in [4.69, 9.17) is 0 Å². The minimum absolute atomic E-state index is 0.0515. The normalized spacial score (nSPS) is 25.4. The molecule has 1 aromatic rings. The summed E-state index contributed by atoms with van der Waals surface area (Å²) >= 11 is 3.41. The molecular weight excluding hydrogens is 331 g/mol. The average Bonchev–Trinajstić information content (AvgIpc) is 2.38. The minimum atomic E-state index is -4.06. The summed E-state index contributed by atoms with van der Waals surface area (Å²) in [5, 5.41) is 3.34. The molecular formula is C15H19BrF3N. The lowest BCUT2D eigenvalue weighted by molar-refractivity contribution is -0.183. The second kappa shape index (κ2) is 6.48. The fraction of sp³-hybridized carbons (Fsp3) is 0.600. The van der Waals surface area contributed by atoms with E-state index in [1.165, 1.54) is 0 Å². The first-order valence-corrected chi connectivity index (χ1v) is 7.74. The Hall–Kier alpha value is -0.550. The topological polar surface area (TPSA) is 12.0 Å². The summed E-state index contributed by atoms with van der Waals surface area (Å²) in [7, 11) is 0. The van der Waals surface area contributed by atoms with Crippen molar-refractivity contribution in [2.75, 3.05) is 0 Å². The smallest absolute Gasteiger partial charge is 0.307 e. The van der Waals surface area contributed by atoms with Gasteiger partial charge in [-0.3, -0.25) is 0 Å².